The van der Waals surface area contributed by atoms with Gasteiger partial charge < -0.3 is 0 Å². The molecule has 1 rings (SSSR count). The van der Waals surface area contributed by atoms with Crippen molar-refractivity contribution in [3.05, 3.63) is 0 Å². The minimum atomic E-state index is 0.577. The van der Waals surface area contributed by atoms with Crippen molar-refractivity contribution in [2.75, 3.05) is 0 Å². The Morgan fingerprint density at radius 2 is 1.63 bits per heavy atom. The second-order valence-corrected chi connectivity index (χ2v) is 8.06. The lowest BCUT2D eigenvalue weighted by Crippen LogP contribution is -2.25. The van der Waals surface area contributed by atoms with E-state index in [-0.39, 0.29) is 0 Å². The quantitative estimate of drug-likeness (QED) is 0.494. The maximum Gasteiger partial charge on any atom is -0.0326 e. The van der Waals surface area contributed by atoms with E-state index in [1.807, 2.05) is 0 Å². The third kappa shape index (κ3) is 6.32. The molecule has 1 fully saturated rings. The van der Waals surface area contributed by atoms with E-state index in [0.717, 1.165) is 17.8 Å². The summed E-state index contributed by atoms with van der Waals surface area (Å²) in [6, 6.07) is 0. The summed E-state index contributed by atoms with van der Waals surface area (Å²) in [6.45, 7) is 12.3. The van der Waals surface area contributed by atoms with Gasteiger partial charge in [0.15, 0.2) is 0 Å². The Morgan fingerprint density at radius 3 is 2.16 bits per heavy atom. The topological polar surface area (TPSA) is 0 Å². The normalized spacial score (nSPS) is 27.6. The van der Waals surface area contributed by atoms with Crippen molar-refractivity contribution in [3.63, 3.8) is 0 Å². The summed E-state index contributed by atoms with van der Waals surface area (Å²) in [5.74, 6) is 2.89. The van der Waals surface area contributed by atoms with Crippen LogP contribution in [0.5, 0.6) is 0 Å². The van der Waals surface area contributed by atoms with Crippen LogP contribution >= 0.6 is 0 Å². The lowest BCUT2D eigenvalue weighted by molar-refractivity contribution is 0.144. The molecule has 0 spiro atoms. The van der Waals surface area contributed by atoms with Crippen molar-refractivity contribution in [1.82, 2.24) is 0 Å². The van der Waals surface area contributed by atoms with Crippen LogP contribution in [0.25, 0.3) is 0 Å². The SMILES string of the molecule is CCC(C)CCCC(C)(C)C1CCCC(C)CCC1. The first kappa shape index (κ1) is 17.1. The zero-order valence-electron chi connectivity index (χ0n) is 14.3. The van der Waals surface area contributed by atoms with Crippen LogP contribution in [0, 0.1) is 23.2 Å². The average Bonchev–Trinajstić information content (AvgIpc) is 2.32. The van der Waals surface area contributed by atoms with Gasteiger partial charge in [0, 0.05) is 0 Å². The molecular weight excluding hydrogens is 228 g/mol. The van der Waals surface area contributed by atoms with E-state index in [1.54, 1.807) is 0 Å². The van der Waals surface area contributed by atoms with E-state index in [4.69, 9.17) is 0 Å². The highest BCUT2D eigenvalue weighted by Gasteiger charge is 2.29. The molecular formula is C19H38. The molecule has 1 aliphatic carbocycles. The Morgan fingerprint density at radius 1 is 1.05 bits per heavy atom. The maximum atomic E-state index is 2.54. The van der Waals surface area contributed by atoms with E-state index < -0.39 is 0 Å². The van der Waals surface area contributed by atoms with Crippen molar-refractivity contribution in [2.24, 2.45) is 23.2 Å². The molecule has 1 aliphatic rings. The molecule has 114 valence electrons. The molecule has 0 heteroatoms. The van der Waals surface area contributed by atoms with Crippen LogP contribution in [-0.4, -0.2) is 0 Å². The molecule has 0 aromatic rings. The molecule has 19 heavy (non-hydrogen) atoms. The van der Waals surface area contributed by atoms with Crippen LogP contribution in [0.1, 0.15) is 98.8 Å². The van der Waals surface area contributed by atoms with Gasteiger partial charge in [-0.3, -0.25) is 0 Å². The summed E-state index contributed by atoms with van der Waals surface area (Å²) in [6.07, 6.45) is 14.5. The van der Waals surface area contributed by atoms with Crippen molar-refractivity contribution >= 4 is 0 Å². The second kappa shape index (κ2) is 8.32. The van der Waals surface area contributed by atoms with Crippen molar-refractivity contribution in [2.45, 2.75) is 98.8 Å². The third-order valence-corrected chi connectivity index (χ3v) is 5.82. The molecule has 0 nitrogen and oxygen atoms in total. The highest BCUT2D eigenvalue weighted by Crippen LogP contribution is 2.41. The Balaban J connectivity index is 2.37. The molecule has 0 saturated heterocycles. The summed E-state index contributed by atoms with van der Waals surface area (Å²) in [4.78, 5) is 0. The number of hydrogen-bond acceptors (Lipinski definition) is 0. The molecule has 0 aromatic carbocycles. The molecule has 0 aliphatic heterocycles. The number of hydrogen-bond donors (Lipinski definition) is 0. The molecule has 1 unspecified atom stereocenters. The third-order valence-electron chi connectivity index (χ3n) is 5.82. The summed E-state index contributed by atoms with van der Waals surface area (Å²) in [7, 11) is 0. The standard InChI is InChI=1S/C19H38/c1-6-16(2)12-9-15-19(4,5)18-13-7-10-17(3)11-8-14-18/h16-18H,6-15H2,1-5H3. The lowest BCUT2D eigenvalue weighted by atomic mass is 9.69. The van der Waals surface area contributed by atoms with Crippen LogP contribution in [0.15, 0.2) is 0 Å². The molecule has 0 aromatic heterocycles. The van der Waals surface area contributed by atoms with Crippen molar-refractivity contribution < 1.29 is 0 Å². The van der Waals surface area contributed by atoms with Crippen LogP contribution in [0.2, 0.25) is 0 Å². The van der Waals surface area contributed by atoms with Crippen LogP contribution < -0.4 is 0 Å². The molecule has 0 bridgehead atoms. The van der Waals surface area contributed by atoms with E-state index in [2.05, 4.69) is 34.6 Å². The van der Waals surface area contributed by atoms with Gasteiger partial charge in [-0.1, -0.05) is 79.6 Å². The molecule has 0 N–H and O–H groups in total. The van der Waals surface area contributed by atoms with E-state index in [1.165, 1.54) is 64.2 Å². The predicted octanol–water partition coefficient (Wildman–Crippen LogP) is 6.84. The monoisotopic (exact) mass is 266 g/mol. The van der Waals surface area contributed by atoms with Crippen molar-refractivity contribution in [1.29, 1.82) is 0 Å². The summed E-state index contributed by atoms with van der Waals surface area (Å²) < 4.78 is 0. The van der Waals surface area contributed by atoms with Gasteiger partial charge in [-0.2, -0.15) is 0 Å². The minimum absolute atomic E-state index is 0.577. The smallest absolute Gasteiger partial charge is 0.0326 e. The highest BCUT2D eigenvalue weighted by atomic mass is 14.3. The summed E-state index contributed by atoms with van der Waals surface area (Å²) in [5.41, 5.74) is 0.577. The molecule has 1 saturated carbocycles. The van der Waals surface area contributed by atoms with Crippen LogP contribution in [0.3, 0.4) is 0 Å². The maximum absolute atomic E-state index is 2.54. The first-order valence-electron chi connectivity index (χ1n) is 8.95. The molecule has 0 amide bonds. The zero-order chi connectivity index (χ0) is 14.3. The van der Waals surface area contributed by atoms with Gasteiger partial charge in [0.2, 0.25) is 0 Å². The lowest BCUT2D eigenvalue weighted by Gasteiger charge is -2.37. The fourth-order valence-electron chi connectivity index (χ4n) is 3.81. The van der Waals surface area contributed by atoms with Gasteiger partial charge in [-0.05, 0) is 42.4 Å². The average molecular weight is 267 g/mol. The van der Waals surface area contributed by atoms with Crippen LogP contribution in [-0.2, 0) is 0 Å². The zero-order valence-corrected chi connectivity index (χ0v) is 14.3. The Hall–Kier alpha value is 0. The Labute approximate surface area is 122 Å². The Bertz CT molecular complexity index is 218. The first-order chi connectivity index (χ1) is 8.95. The van der Waals surface area contributed by atoms with E-state index in [0.29, 0.717) is 5.41 Å². The fourth-order valence-corrected chi connectivity index (χ4v) is 3.81. The van der Waals surface area contributed by atoms with Crippen LogP contribution in [0.4, 0.5) is 0 Å². The van der Waals surface area contributed by atoms with E-state index in [9.17, 15) is 0 Å². The highest BCUT2D eigenvalue weighted by molar-refractivity contribution is 4.80. The van der Waals surface area contributed by atoms with Crippen molar-refractivity contribution in [3.8, 4) is 0 Å². The Kier molecular flexibility index (Phi) is 7.47. The predicted molar refractivity (Wildman–Crippen MR) is 87.4 cm³/mol. The summed E-state index contributed by atoms with van der Waals surface area (Å²) >= 11 is 0. The molecule has 0 radical (unpaired) electrons. The number of rotatable bonds is 6. The minimum Gasteiger partial charge on any atom is -0.0651 e. The summed E-state index contributed by atoms with van der Waals surface area (Å²) in [5, 5.41) is 0. The van der Waals surface area contributed by atoms with Gasteiger partial charge in [0.05, 0.1) is 0 Å². The second-order valence-electron chi connectivity index (χ2n) is 8.06. The van der Waals surface area contributed by atoms with Gasteiger partial charge in [-0.15, -0.1) is 0 Å². The van der Waals surface area contributed by atoms with E-state index >= 15 is 0 Å². The van der Waals surface area contributed by atoms with Gasteiger partial charge in [-0.25, -0.2) is 0 Å². The fraction of sp³-hybridized carbons (Fsp3) is 1.00. The van der Waals surface area contributed by atoms with Gasteiger partial charge in [0.1, 0.15) is 0 Å². The van der Waals surface area contributed by atoms with Gasteiger partial charge in [0.25, 0.3) is 0 Å². The molecule has 0 heterocycles. The largest absolute Gasteiger partial charge is 0.0651 e. The van der Waals surface area contributed by atoms with Gasteiger partial charge >= 0.3 is 0 Å². The first-order valence-corrected chi connectivity index (χ1v) is 8.95. The molecule has 1 atom stereocenters.